The molecule has 0 aromatic carbocycles. The number of nitrogens with one attached hydrogen (secondary N) is 2. The Bertz CT molecular complexity index is 605. The van der Waals surface area contributed by atoms with Crippen LogP contribution in [0.2, 0.25) is 0 Å². The van der Waals surface area contributed by atoms with Crippen LogP contribution in [0, 0.1) is 5.92 Å². The zero-order chi connectivity index (χ0) is 13.2. The smallest absolute Gasteiger partial charge is 0.251 e. The molecule has 0 radical (unpaired) electrons. The maximum atomic E-state index is 11.7. The molecule has 18 heavy (non-hydrogen) atoms. The van der Waals surface area contributed by atoms with Gasteiger partial charge in [-0.2, -0.15) is 0 Å². The van der Waals surface area contributed by atoms with Gasteiger partial charge in [-0.25, -0.2) is 8.42 Å². The third-order valence-corrected chi connectivity index (χ3v) is 4.75. The molecule has 1 fully saturated rings. The van der Waals surface area contributed by atoms with E-state index >= 15 is 0 Å². The topological polar surface area (TPSA) is 96.1 Å². The van der Waals surface area contributed by atoms with Crippen LogP contribution in [-0.4, -0.2) is 37.4 Å². The van der Waals surface area contributed by atoms with Gasteiger partial charge < -0.3 is 10.3 Å². The van der Waals surface area contributed by atoms with Gasteiger partial charge in [-0.3, -0.25) is 9.59 Å². The van der Waals surface area contributed by atoms with E-state index in [1.165, 1.54) is 18.3 Å². The minimum absolute atomic E-state index is 0.0269. The fourth-order valence-corrected chi connectivity index (χ4v) is 3.82. The lowest BCUT2D eigenvalue weighted by molar-refractivity contribution is 0.0948. The number of rotatable bonds is 3. The molecule has 2 rings (SSSR count). The van der Waals surface area contributed by atoms with E-state index < -0.39 is 9.84 Å². The van der Waals surface area contributed by atoms with Gasteiger partial charge in [0.2, 0.25) is 5.56 Å². The van der Waals surface area contributed by atoms with Crippen molar-refractivity contribution in [2.75, 3.05) is 18.1 Å². The van der Waals surface area contributed by atoms with Gasteiger partial charge in [-0.15, -0.1) is 0 Å². The first kappa shape index (κ1) is 12.8. The number of sulfone groups is 1. The maximum Gasteiger partial charge on any atom is 0.251 e. The molecule has 7 heteroatoms. The van der Waals surface area contributed by atoms with Crippen molar-refractivity contribution in [3.63, 3.8) is 0 Å². The summed E-state index contributed by atoms with van der Waals surface area (Å²) >= 11 is 0. The normalized spacial score (nSPS) is 21.7. The third-order valence-electron chi connectivity index (χ3n) is 2.92. The summed E-state index contributed by atoms with van der Waals surface area (Å²) in [5.41, 5.74) is -0.0642. The molecule has 98 valence electrons. The number of aromatic nitrogens is 1. The first-order valence-corrected chi connectivity index (χ1v) is 7.46. The van der Waals surface area contributed by atoms with Gasteiger partial charge in [0.25, 0.3) is 5.91 Å². The number of carbonyl (C=O) groups is 1. The predicted molar refractivity (Wildman–Crippen MR) is 66.2 cm³/mol. The van der Waals surface area contributed by atoms with E-state index in [4.69, 9.17) is 0 Å². The Labute approximate surface area is 104 Å². The molecule has 0 bridgehead atoms. The highest BCUT2D eigenvalue weighted by Gasteiger charge is 2.27. The number of amides is 1. The molecule has 1 aromatic heterocycles. The zero-order valence-electron chi connectivity index (χ0n) is 9.68. The molecule has 1 saturated heterocycles. The van der Waals surface area contributed by atoms with Crippen LogP contribution in [0.15, 0.2) is 23.1 Å². The van der Waals surface area contributed by atoms with Crippen LogP contribution < -0.4 is 10.9 Å². The van der Waals surface area contributed by atoms with Crippen molar-refractivity contribution in [1.29, 1.82) is 0 Å². The van der Waals surface area contributed by atoms with Crippen LogP contribution in [0.5, 0.6) is 0 Å². The fraction of sp³-hybridized carbons (Fsp3) is 0.455. The van der Waals surface area contributed by atoms with E-state index in [-0.39, 0.29) is 34.5 Å². The highest BCUT2D eigenvalue weighted by Crippen LogP contribution is 2.17. The summed E-state index contributed by atoms with van der Waals surface area (Å²) in [5.74, 6) is -0.0624. The van der Waals surface area contributed by atoms with E-state index in [1.807, 2.05) is 0 Å². The van der Waals surface area contributed by atoms with Crippen molar-refractivity contribution in [2.45, 2.75) is 6.42 Å². The second-order valence-corrected chi connectivity index (χ2v) is 6.65. The summed E-state index contributed by atoms with van der Waals surface area (Å²) in [6, 6.07) is 2.71. The first-order chi connectivity index (χ1) is 8.46. The van der Waals surface area contributed by atoms with E-state index in [0.29, 0.717) is 13.0 Å². The number of aromatic amines is 1. The minimum Gasteiger partial charge on any atom is -0.352 e. The van der Waals surface area contributed by atoms with Crippen molar-refractivity contribution in [3.8, 4) is 0 Å². The number of hydrogen-bond acceptors (Lipinski definition) is 4. The Balaban J connectivity index is 1.91. The van der Waals surface area contributed by atoms with E-state index in [9.17, 15) is 18.0 Å². The second kappa shape index (κ2) is 4.93. The van der Waals surface area contributed by atoms with Crippen molar-refractivity contribution in [1.82, 2.24) is 10.3 Å². The molecule has 1 aromatic rings. The number of H-pyrrole nitrogens is 1. The Morgan fingerprint density at radius 3 is 2.89 bits per heavy atom. The molecule has 1 amide bonds. The third kappa shape index (κ3) is 3.19. The van der Waals surface area contributed by atoms with Gasteiger partial charge in [-0.1, -0.05) is 0 Å². The lowest BCUT2D eigenvalue weighted by Gasteiger charge is -2.09. The SMILES string of the molecule is O=C(NCC1CCS(=O)(=O)C1)c1cc[nH]c(=O)c1. The van der Waals surface area contributed by atoms with Crippen molar-refractivity contribution in [2.24, 2.45) is 5.92 Å². The average Bonchev–Trinajstić information content (AvgIpc) is 2.66. The van der Waals surface area contributed by atoms with E-state index in [2.05, 4.69) is 10.3 Å². The van der Waals surface area contributed by atoms with E-state index in [0.717, 1.165) is 0 Å². The van der Waals surface area contributed by atoms with Gasteiger partial charge >= 0.3 is 0 Å². The van der Waals surface area contributed by atoms with Gasteiger partial charge in [0.05, 0.1) is 11.5 Å². The van der Waals surface area contributed by atoms with Gasteiger partial charge in [0.1, 0.15) is 0 Å². The number of pyridine rings is 1. The zero-order valence-corrected chi connectivity index (χ0v) is 10.5. The average molecular weight is 270 g/mol. The summed E-state index contributed by atoms with van der Waals surface area (Å²) in [7, 11) is -2.92. The quantitative estimate of drug-likeness (QED) is 0.776. The van der Waals surface area contributed by atoms with Crippen LogP contribution in [0.3, 0.4) is 0 Å². The fourth-order valence-electron chi connectivity index (χ4n) is 1.96. The maximum absolute atomic E-state index is 11.7. The minimum atomic E-state index is -2.92. The van der Waals surface area contributed by atoms with Crippen LogP contribution in [0.25, 0.3) is 0 Å². The molecule has 0 saturated carbocycles. The lowest BCUT2D eigenvalue weighted by Crippen LogP contribution is -2.30. The van der Waals surface area contributed by atoms with Gasteiger partial charge in [0, 0.05) is 24.4 Å². The van der Waals surface area contributed by atoms with Crippen molar-refractivity contribution in [3.05, 3.63) is 34.2 Å². The molecule has 1 aliphatic heterocycles. The van der Waals surface area contributed by atoms with Crippen LogP contribution in [0.4, 0.5) is 0 Å². The number of carbonyl (C=O) groups excluding carboxylic acids is 1. The van der Waals surface area contributed by atoms with Crippen molar-refractivity contribution >= 4 is 15.7 Å². The molecule has 1 aliphatic rings. The molecular weight excluding hydrogens is 256 g/mol. The molecular formula is C11H14N2O4S. The van der Waals surface area contributed by atoms with Crippen LogP contribution in [0.1, 0.15) is 16.8 Å². The molecule has 0 aliphatic carbocycles. The molecule has 1 unspecified atom stereocenters. The summed E-state index contributed by atoms with van der Waals surface area (Å²) in [6.07, 6.45) is 1.98. The highest BCUT2D eigenvalue weighted by molar-refractivity contribution is 7.91. The predicted octanol–water partition coefficient (Wildman–Crippen LogP) is -0.461. The Morgan fingerprint density at radius 1 is 1.50 bits per heavy atom. The molecule has 6 nitrogen and oxygen atoms in total. The second-order valence-electron chi connectivity index (χ2n) is 4.42. The summed E-state index contributed by atoms with van der Waals surface area (Å²) < 4.78 is 22.5. The largest absolute Gasteiger partial charge is 0.352 e. The van der Waals surface area contributed by atoms with E-state index in [1.54, 1.807) is 0 Å². The Hall–Kier alpha value is -1.63. The monoisotopic (exact) mass is 270 g/mol. The van der Waals surface area contributed by atoms with Crippen LogP contribution >= 0.6 is 0 Å². The standard InChI is InChI=1S/C11H14N2O4S/c14-10-5-9(1-3-12-10)11(15)13-6-8-2-4-18(16,17)7-8/h1,3,5,8H,2,4,6-7H2,(H,12,14)(H,13,15). The van der Waals surface area contributed by atoms with Gasteiger partial charge in [0.15, 0.2) is 9.84 Å². The molecule has 0 spiro atoms. The summed E-state index contributed by atoms with van der Waals surface area (Å²) in [5, 5.41) is 2.65. The Morgan fingerprint density at radius 2 is 2.28 bits per heavy atom. The highest BCUT2D eigenvalue weighted by atomic mass is 32.2. The molecule has 2 heterocycles. The Kier molecular flexibility index (Phi) is 3.51. The van der Waals surface area contributed by atoms with Gasteiger partial charge in [-0.05, 0) is 18.4 Å². The van der Waals surface area contributed by atoms with Crippen LogP contribution in [-0.2, 0) is 9.84 Å². The lowest BCUT2D eigenvalue weighted by atomic mass is 10.1. The molecule has 1 atom stereocenters. The van der Waals surface area contributed by atoms with Crippen molar-refractivity contribution < 1.29 is 13.2 Å². The summed E-state index contributed by atoms with van der Waals surface area (Å²) in [6.45, 7) is 0.324. The number of hydrogen-bond donors (Lipinski definition) is 2. The summed E-state index contributed by atoms with van der Waals surface area (Å²) in [4.78, 5) is 25.1. The molecule has 2 N–H and O–H groups in total. The first-order valence-electron chi connectivity index (χ1n) is 5.64.